The molecule has 3 unspecified atom stereocenters. The van der Waals surface area contributed by atoms with Crippen molar-refractivity contribution in [3.8, 4) is 11.5 Å². The Hall–Kier alpha value is -1.88. The van der Waals surface area contributed by atoms with E-state index in [0.29, 0.717) is 24.5 Å². The molecule has 0 spiro atoms. The molecule has 29 heavy (non-hydrogen) atoms. The van der Waals surface area contributed by atoms with Gasteiger partial charge in [0.1, 0.15) is 6.04 Å². The van der Waals surface area contributed by atoms with Crippen LogP contribution in [0.15, 0.2) is 12.1 Å². The lowest BCUT2D eigenvalue weighted by Crippen LogP contribution is -2.65. The van der Waals surface area contributed by atoms with Crippen molar-refractivity contribution in [2.45, 2.75) is 37.9 Å². The average Bonchev–Trinajstić information content (AvgIpc) is 3.08. The molecule has 9 nitrogen and oxygen atoms in total. The molecule has 10 heteroatoms. The molecule has 3 atom stereocenters. The largest absolute Gasteiger partial charge is 0.493 e. The number of nitrogens with zero attached hydrogens (tertiary/aromatic N) is 2. The molecule has 3 aliphatic heterocycles. The normalized spacial score (nSPS) is 27.9. The smallest absolute Gasteiger partial charge is 0.397 e. The number of fused-ring (bicyclic) bond motifs is 5. The zero-order chi connectivity index (χ0) is 21.4. The number of benzene rings is 1. The van der Waals surface area contributed by atoms with Crippen LogP contribution in [-0.2, 0) is 25.8 Å². The van der Waals surface area contributed by atoms with Crippen LogP contribution in [0.25, 0.3) is 0 Å². The second-order valence-electron chi connectivity index (χ2n) is 7.73. The third kappa shape index (κ3) is 4.07. The zero-order valence-electron chi connectivity index (χ0n) is 17.3. The summed E-state index contributed by atoms with van der Waals surface area (Å²) in [6, 6.07) is 4.76. The zero-order valence-corrected chi connectivity index (χ0v) is 18.1. The third-order valence-corrected chi connectivity index (χ3v) is 6.83. The van der Waals surface area contributed by atoms with Crippen molar-refractivity contribution in [3.05, 3.63) is 23.3 Å². The van der Waals surface area contributed by atoms with E-state index in [4.69, 9.17) is 14.0 Å². The molecule has 1 aromatic carbocycles. The molecule has 1 N–H and O–H groups in total. The summed E-state index contributed by atoms with van der Waals surface area (Å²) < 4.78 is 41.7. The number of carbonyl (C=O) groups excluding carboxylic acids is 1. The van der Waals surface area contributed by atoms with Gasteiger partial charge in [-0.2, -0.15) is 8.42 Å². The summed E-state index contributed by atoms with van der Waals surface area (Å²) in [5.74, 6) is 1.96. The molecule has 4 rings (SSSR count). The lowest BCUT2D eigenvalue weighted by Gasteiger charge is -2.54. The van der Waals surface area contributed by atoms with Crippen molar-refractivity contribution in [2.24, 2.45) is 0 Å². The Balaban J connectivity index is 0.000000353. The molecular weight excluding hydrogens is 400 g/mol. The maximum atomic E-state index is 12.1. The number of quaternary nitrogens is 1. The second-order valence-corrected chi connectivity index (χ2v) is 8.92. The number of hydrogen-bond donors (Lipinski definition) is 1. The average molecular weight is 430 g/mol. The molecule has 3 heterocycles. The fraction of sp³-hybridized carbons (Fsp3) is 0.632. The molecule has 2 saturated heterocycles. The molecule has 162 valence electrons. The first-order valence-electron chi connectivity index (χ1n) is 9.56. The van der Waals surface area contributed by atoms with Crippen LogP contribution in [0.3, 0.4) is 0 Å². The van der Waals surface area contributed by atoms with Gasteiger partial charge in [0.05, 0.1) is 34.9 Å². The van der Waals surface area contributed by atoms with Crippen molar-refractivity contribution in [1.29, 1.82) is 0 Å². The van der Waals surface area contributed by atoms with Crippen LogP contribution < -0.4 is 9.47 Å². The number of hydrogen-bond acceptors (Lipinski definition) is 6. The van der Waals surface area contributed by atoms with Crippen molar-refractivity contribution in [2.75, 3.05) is 41.5 Å². The second kappa shape index (κ2) is 8.10. The standard InChI is InChI=1S/C18H25N2O3.CH4O4S/c1-20-9-7-12-10-15(22-2)16(23-3)11-13(12)14(20)6-8-19-17(20)4-5-18(19)21;1-5-6(2,3)4/h10-11,14,17H,4-9H2,1-3H3;1H3,(H,2,3,4)/q+1;. The Morgan fingerprint density at radius 1 is 1.10 bits per heavy atom. The highest BCUT2D eigenvalue weighted by Crippen LogP contribution is 2.48. The molecule has 1 aromatic rings. The SMILES string of the molecule is COS(=O)(=O)O.COc1cc2c(cc1OC)C1CCN3C(=O)CCC3[N+]1(C)CC2. The van der Waals surface area contributed by atoms with Crippen molar-refractivity contribution >= 4 is 16.3 Å². The van der Waals surface area contributed by atoms with Gasteiger partial charge in [-0.1, -0.05) is 0 Å². The Morgan fingerprint density at radius 3 is 2.31 bits per heavy atom. The van der Waals surface area contributed by atoms with Gasteiger partial charge in [-0.05, 0) is 17.7 Å². The van der Waals surface area contributed by atoms with Gasteiger partial charge >= 0.3 is 10.4 Å². The van der Waals surface area contributed by atoms with E-state index >= 15 is 0 Å². The number of amides is 1. The van der Waals surface area contributed by atoms with Crippen LogP contribution in [0.2, 0.25) is 0 Å². The summed E-state index contributed by atoms with van der Waals surface area (Å²) in [6.07, 6.45) is 4.11. The van der Waals surface area contributed by atoms with Gasteiger partial charge in [-0.25, -0.2) is 0 Å². The molecule has 2 fully saturated rings. The molecule has 1 amide bonds. The molecule has 0 aliphatic carbocycles. The maximum Gasteiger partial charge on any atom is 0.397 e. The Kier molecular flexibility index (Phi) is 6.09. The Morgan fingerprint density at radius 2 is 1.72 bits per heavy atom. The Bertz CT molecular complexity index is 889. The van der Waals surface area contributed by atoms with Crippen LogP contribution >= 0.6 is 0 Å². The fourth-order valence-corrected chi connectivity index (χ4v) is 4.97. The highest BCUT2D eigenvalue weighted by atomic mass is 32.3. The van der Waals surface area contributed by atoms with Gasteiger partial charge in [0.15, 0.2) is 17.7 Å². The van der Waals surface area contributed by atoms with E-state index in [9.17, 15) is 13.2 Å². The number of methoxy groups -OCH3 is 2. The summed E-state index contributed by atoms with van der Waals surface area (Å²) >= 11 is 0. The van der Waals surface area contributed by atoms with Crippen LogP contribution in [0.4, 0.5) is 0 Å². The number of rotatable bonds is 3. The van der Waals surface area contributed by atoms with E-state index in [-0.39, 0.29) is 0 Å². The monoisotopic (exact) mass is 429 g/mol. The van der Waals surface area contributed by atoms with Crippen LogP contribution in [0.1, 0.15) is 36.4 Å². The van der Waals surface area contributed by atoms with Gasteiger partial charge in [0.2, 0.25) is 5.91 Å². The molecule has 3 aliphatic rings. The van der Waals surface area contributed by atoms with Gasteiger partial charge in [-0.15, -0.1) is 0 Å². The van der Waals surface area contributed by atoms with E-state index in [0.717, 1.165) is 55.4 Å². The number of likely N-dealkylation sites (N-methyl/N-ethyl adjacent to an activating group) is 1. The quantitative estimate of drug-likeness (QED) is 0.574. The highest BCUT2D eigenvalue weighted by Gasteiger charge is 2.53. The lowest BCUT2D eigenvalue weighted by atomic mass is 9.85. The van der Waals surface area contributed by atoms with Crippen LogP contribution in [0, 0.1) is 0 Å². The van der Waals surface area contributed by atoms with E-state index in [1.54, 1.807) is 14.2 Å². The first-order chi connectivity index (χ1) is 13.6. The first-order valence-corrected chi connectivity index (χ1v) is 10.9. The van der Waals surface area contributed by atoms with Crippen LogP contribution in [0.5, 0.6) is 11.5 Å². The minimum absolute atomic E-state index is 0.339. The summed E-state index contributed by atoms with van der Waals surface area (Å²) in [4.78, 5) is 14.3. The van der Waals surface area contributed by atoms with Gasteiger partial charge < -0.3 is 9.47 Å². The predicted molar refractivity (Wildman–Crippen MR) is 105 cm³/mol. The summed E-state index contributed by atoms with van der Waals surface area (Å²) in [6.45, 7) is 1.97. The van der Waals surface area contributed by atoms with Gasteiger partial charge in [-0.3, -0.25) is 22.9 Å². The van der Waals surface area contributed by atoms with E-state index in [1.165, 1.54) is 11.1 Å². The van der Waals surface area contributed by atoms with Crippen LogP contribution in [-0.4, -0.2) is 75.9 Å². The van der Waals surface area contributed by atoms with Gasteiger partial charge in [0, 0.05) is 37.8 Å². The van der Waals surface area contributed by atoms with E-state index in [2.05, 4.69) is 28.3 Å². The maximum absolute atomic E-state index is 12.1. The molecule has 0 aromatic heterocycles. The topological polar surface area (TPSA) is 102 Å². The highest BCUT2D eigenvalue weighted by molar-refractivity contribution is 7.80. The number of ether oxygens (including phenoxy) is 2. The van der Waals surface area contributed by atoms with E-state index < -0.39 is 10.4 Å². The van der Waals surface area contributed by atoms with E-state index in [1.807, 2.05) is 0 Å². The summed E-state index contributed by atoms with van der Waals surface area (Å²) in [5, 5.41) is 0. The third-order valence-electron chi connectivity index (χ3n) is 6.41. The molecule has 0 radical (unpaired) electrons. The van der Waals surface area contributed by atoms with Crippen molar-refractivity contribution in [1.82, 2.24) is 4.90 Å². The van der Waals surface area contributed by atoms with Crippen molar-refractivity contribution < 1.29 is 35.9 Å². The summed E-state index contributed by atoms with van der Waals surface area (Å²) in [7, 11) is 2.43. The Labute approximate surface area is 171 Å². The number of carbonyl (C=O) groups is 1. The minimum Gasteiger partial charge on any atom is -0.493 e. The predicted octanol–water partition coefficient (Wildman–Crippen LogP) is 1.54. The first kappa shape index (κ1) is 21.8. The fourth-order valence-electron chi connectivity index (χ4n) is 4.97. The lowest BCUT2D eigenvalue weighted by molar-refractivity contribution is -0.978. The molecule has 0 bridgehead atoms. The molecular formula is C19H29N2O7S+. The van der Waals surface area contributed by atoms with Crippen molar-refractivity contribution in [3.63, 3.8) is 0 Å². The van der Waals surface area contributed by atoms with Gasteiger partial charge in [0.25, 0.3) is 0 Å². The minimum atomic E-state index is -4.16. The molecule has 0 saturated carbocycles. The summed E-state index contributed by atoms with van der Waals surface area (Å²) in [5.41, 5.74) is 2.76.